The van der Waals surface area contributed by atoms with Gasteiger partial charge >= 0.3 is 0 Å². The van der Waals surface area contributed by atoms with Gasteiger partial charge in [-0.25, -0.2) is 0 Å². The number of hydrogen-bond donors (Lipinski definition) is 2. The van der Waals surface area contributed by atoms with Crippen LogP contribution in [-0.4, -0.2) is 36.8 Å². The van der Waals surface area contributed by atoms with Crippen molar-refractivity contribution in [3.63, 3.8) is 0 Å². The SMILES string of the molecule is COCC(=O)Nc1cc(N2C(=S)N[C@H](c3ccccn3)[C@@H]2c2ccc(Sc3ccccc3)o2)ccc1OC. The Bertz CT molecular complexity index is 1410. The number of rotatable bonds is 9. The molecular formula is C28H26N4O4S2. The standard InChI is InChI=1S/C28H26N4O4S2/c1-34-17-24(33)30-21-16-18(11-12-22(21)35-2)32-27(26(31-28(32)37)20-10-6-7-15-29-20)23-13-14-25(36-23)38-19-8-4-3-5-9-19/h3-16,26-27H,17H2,1-2H3,(H,30,33)(H,31,37)/t26-,27+/m1/s1. The Morgan fingerprint density at radius 2 is 1.92 bits per heavy atom. The minimum Gasteiger partial charge on any atom is -0.495 e. The number of furan rings is 1. The van der Waals surface area contributed by atoms with Crippen molar-refractivity contribution in [2.45, 2.75) is 22.1 Å². The van der Waals surface area contributed by atoms with E-state index in [1.807, 2.05) is 77.7 Å². The summed E-state index contributed by atoms with van der Waals surface area (Å²) in [5, 5.41) is 7.56. The van der Waals surface area contributed by atoms with Gasteiger partial charge in [0.1, 0.15) is 24.2 Å². The second kappa shape index (κ2) is 11.7. The lowest BCUT2D eigenvalue weighted by molar-refractivity contribution is -0.119. The van der Waals surface area contributed by atoms with Crippen LogP contribution in [-0.2, 0) is 9.53 Å². The minimum atomic E-state index is -0.335. The van der Waals surface area contributed by atoms with Gasteiger partial charge in [0, 0.05) is 23.9 Å². The van der Waals surface area contributed by atoms with Crippen LogP contribution in [0.3, 0.4) is 0 Å². The third-order valence-corrected chi connectivity index (χ3v) is 7.21. The van der Waals surface area contributed by atoms with E-state index in [2.05, 4.69) is 15.6 Å². The summed E-state index contributed by atoms with van der Waals surface area (Å²) in [6, 6.07) is 24.7. The Morgan fingerprint density at radius 1 is 1.11 bits per heavy atom. The van der Waals surface area contributed by atoms with Gasteiger partial charge in [0.15, 0.2) is 10.2 Å². The smallest absolute Gasteiger partial charge is 0.250 e. The molecule has 10 heteroatoms. The quantitative estimate of drug-likeness (QED) is 0.261. The highest BCUT2D eigenvalue weighted by molar-refractivity contribution is 7.99. The molecule has 5 rings (SSSR count). The zero-order chi connectivity index (χ0) is 26.5. The van der Waals surface area contributed by atoms with Crippen LogP contribution in [0.2, 0.25) is 0 Å². The Morgan fingerprint density at radius 3 is 2.66 bits per heavy atom. The van der Waals surface area contributed by atoms with Crippen molar-refractivity contribution >= 4 is 46.4 Å². The predicted molar refractivity (Wildman–Crippen MR) is 151 cm³/mol. The molecule has 4 aromatic rings. The molecule has 3 heterocycles. The van der Waals surface area contributed by atoms with E-state index in [4.69, 9.17) is 26.1 Å². The number of anilines is 2. The number of amides is 1. The van der Waals surface area contributed by atoms with Crippen molar-refractivity contribution in [3.8, 4) is 5.75 Å². The molecule has 1 fully saturated rings. The molecule has 38 heavy (non-hydrogen) atoms. The number of thiocarbonyl (C=S) groups is 1. The van der Waals surface area contributed by atoms with E-state index in [1.165, 1.54) is 7.11 Å². The van der Waals surface area contributed by atoms with Gasteiger partial charge in [0.05, 0.1) is 24.5 Å². The number of methoxy groups -OCH3 is 2. The van der Waals surface area contributed by atoms with E-state index >= 15 is 0 Å². The van der Waals surface area contributed by atoms with Crippen LogP contribution >= 0.6 is 24.0 Å². The van der Waals surface area contributed by atoms with Crippen molar-refractivity contribution in [3.05, 3.63) is 96.5 Å². The van der Waals surface area contributed by atoms with Crippen LogP contribution in [0.1, 0.15) is 23.5 Å². The topological polar surface area (TPSA) is 88.9 Å². The lowest BCUT2D eigenvalue weighted by Crippen LogP contribution is -2.29. The van der Waals surface area contributed by atoms with Crippen LogP contribution in [0.25, 0.3) is 0 Å². The zero-order valence-electron chi connectivity index (χ0n) is 20.8. The number of nitrogens with one attached hydrogen (secondary N) is 2. The van der Waals surface area contributed by atoms with Crippen molar-refractivity contribution in [2.75, 3.05) is 31.0 Å². The molecule has 8 nitrogen and oxygen atoms in total. The van der Waals surface area contributed by atoms with Crippen LogP contribution < -0.4 is 20.3 Å². The molecule has 0 unspecified atom stereocenters. The number of benzene rings is 2. The third kappa shape index (κ3) is 5.52. The molecule has 0 aliphatic carbocycles. The molecule has 0 saturated carbocycles. The van der Waals surface area contributed by atoms with E-state index in [9.17, 15) is 4.79 Å². The lowest BCUT2D eigenvalue weighted by atomic mass is 10.0. The molecule has 0 spiro atoms. The van der Waals surface area contributed by atoms with Crippen molar-refractivity contribution in [1.29, 1.82) is 0 Å². The van der Waals surface area contributed by atoms with Gasteiger partial charge in [0.25, 0.3) is 0 Å². The molecule has 0 bridgehead atoms. The molecule has 1 aliphatic rings. The van der Waals surface area contributed by atoms with Crippen LogP contribution in [0.4, 0.5) is 11.4 Å². The molecule has 1 aliphatic heterocycles. The fourth-order valence-electron chi connectivity index (χ4n) is 4.34. The maximum absolute atomic E-state index is 12.3. The maximum Gasteiger partial charge on any atom is 0.250 e. The van der Waals surface area contributed by atoms with Crippen LogP contribution in [0.15, 0.2) is 99.5 Å². The zero-order valence-corrected chi connectivity index (χ0v) is 22.4. The van der Waals surface area contributed by atoms with Gasteiger partial charge in [-0.2, -0.15) is 0 Å². The van der Waals surface area contributed by atoms with E-state index in [0.29, 0.717) is 16.5 Å². The largest absolute Gasteiger partial charge is 0.495 e. The summed E-state index contributed by atoms with van der Waals surface area (Å²) in [6.45, 7) is -0.0737. The summed E-state index contributed by atoms with van der Waals surface area (Å²) < 4.78 is 16.8. The van der Waals surface area contributed by atoms with Crippen molar-refractivity contribution in [1.82, 2.24) is 10.3 Å². The van der Waals surface area contributed by atoms with E-state index < -0.39 is 0 Å². The number of carbonyl (C=O) groups excluding carboxylic acids is 1. The molecular weight excluding hydrogens is 520 g/mol. The molecule has 1 amide bonds. The predicted octanol–water partition coefficient (Wildman–Crippen LogP) is 5.60. The second-order valence-corrected chi connectivity index (χ2v) is 9.90. The lowest BCUT2D eigenvalue weighted by Gasteiger charge is -2.27. The summed E-state index contributed by atoms with van der Waals surface area (Å²) in [5.41, 5.74) is 2.10. The van der Waals surface area contributed by atoms with Gasteiger partial charge in [0.2, 0.25) is 5.91 Å². The molecule has 1 saturated heterocycles. The molecule has 194 valence electrons. The van der Waals surface area contributed by atoms with E-state index in [1.54, 1.807) is 31.1 Å². The number of hydrogen-bond acceptors (Lipinski definition) is 7. The van der Waals surface area contributed by atoms with Crippen molar-refractivity contribution in [2.24, 2.45) is 0 Å². The maximum atomic E-state index is 12.3. The number of nitrogens with zero attached hydrogens (tertiary/aromatic N) is 2. The number of pyridine rings is 1. The van der Waals surface area contributed by atoms with Crippen LogP contribution in [0.5, 0.6) is 5.75 Å². The highest BCUT2D eigenvalue weighted by Gasteiger charge is 2.42. The van der Waals surface area contributed by atoms with Gasteiger partial charge in [-0.05, 0) is 66.8 Å². The fraction of sp³-hybridized carbons (Fsp3) is 0.179. The Hall–Kier alpha value is -3.86. The van der Waals surface area contributed by atoms with Crippen LogP contribution in [0, 0.1) is 0 Å². The molecule has 2 aromatic carbocycles. The van der Waals surface area contributed by atoms with E-state index in [-0.39, 0.29) is 24.6 Å². The first-order valence-electron chi connectivity index (χ1n) is 11.9. The molecule has 0 radical (unpaired) electrons. The van der Waals surface area contributed by atoms with Gasteiger partial charge in [-0.15, -0.1) is 0 Å². The summed E-state index contributed by atoms with van der Waals surface area (Å²) >= 11 is 7.37. The van der Waals surface area contributed by atoms with E-state index in [0.717, 1.165) is 27.1 Å². The number of aromatic nitrogens is 1. The van der Waals surface area contributed by atoms with Gasteiger partial charge in [-0.3, -0.25) is 9.78 Å². The monoisotopic (exact) mass is 546 g/mol. The highest BCUT2D eigenvalue weighted by Crippen LogP contribution is 2.44. The first-order chi connectivity index (χ1) is 18.6. The molecule has 2 N–H and O–H groups in total. The average Bonchev–Trinajstić information content (AvgIpc) is 3.53. The Kier molecular flexibility index (Phi) is 7.92. The van der Waals surface area contributed by atoms with Gasteiger partial charge < -0.3 is 29.4 Å². The number of ether oxygens (including phenoxy) is 2. The summed E-state index contributed by atoms with van der Waals surface area (Å²) in [7, 11) is 3.02. The molecule has 2 aromatic heterocycles. The normalized spacial score (nSPS) is 16.8. The highest BCUT2D eigenvalue weighted by atomic mass is 32.2. The second-order valence-electron chi connectivity index (χ2n) is 8.43. The minimum absolute atomic E-state index is 0.0737. The first kappa shape index (κ1) is 25.8. The number of carbonyl (C=O) groups is 1. The average molecular weight is 547 g/mol. The summed E-state index contributed by atoms with van der Waals surface area (Å²) in [6.07, 6.45) is 1.76. The first-order valence-corrected chi connectivity index (χ1v) is 13.1. The van der Waals surface area contributed by atoms with Gasteiger partial charge in [-0.1, -0.05) is 36.0 Å². The summed E-state index contributed by atoms with van der Waals surface area (Å²) in [4.78, 5) is 19.9. The Labute approximate surface area is 230 Å². The summed E-state index contributed by atoms with van der Waals surface area (Å²) in [5.74, 6) is 0.961. The van der Waals surface area contributed by atoms with Crippen molar-refractivity contribution < 1.29 is 18.7 Å². The molecule has 2 atom stereocenters. The fourth-order valence-corrected chi connectivity index (χ4v) is 5.48. The third-order valence-electron chi connectivity index (χ3n) is 5.96. The Balaban J connectivity index is 1.53.